The third-order valence-electron chi connectivity index (χ3n) is 8.89. The lowest BCUT2D eigenvalue weighted by Crippen LogP contribution is -2.58. The van der Waals surface area contributed by atoms with Gasteiger partial charge in [0.15, 0.2) is 12.4 Å². The maximum atomic E-state index is 14.0. The summed E-state index contributed by atoms with van der Waals surface area (Å²) < 4.78 is 22.0. The first-order valence-electron chi connectivity index (χ1n) is 15.9. The van der Waals surface area contributed by atoms with Crippen molar-refractivity contribution in [1.29, 1.82) is 0 Å². The Hall–Kier alpha value is -3.32. The fraction of sp³-hybridized carbons (Fsp3) is 0.559. The summed E-state index contributed by atoms with van der Waals surface area (Å²) in [5.74, 6) is -0.116. The molecule has 11 nitrogen and oxygen atoms in total. The van der Waals surface area contributed by atoms with Crippen LogP contribution >= 0.6 is 11.8 Å². The van der Waals surface area contributed by atoms with Crippen molar-refractivity contribution in [2.75, 3.05) is 25.7 Å². The van der Waals surface area contributed by atoms with E-state index < -0.39 is 47.3 Å². The van der Waals surface area contributed by atoms with Gasteiger partial charge in [0.2, 0.25) is 5.91 Å². The number of alkyl carbamates (subject to hydrolysis) is 1. The lowest BCUT2D eigenvalue weighted by molar-refractivity contribution is -0.152. The molecule has 0 unspecified atom stereocenters. The minimum absolute atomic E-state index is 0.0709. The van der Waals surface area contributed by atoms with Gasteiger partial charge in [0.05, 0.1) is 25.1 Å². The Balaban J connectivity index is 1.31. The normalized spacial score (nSPS) is 24.8. The molecule has 0 saturated carbocycles. The van der Waals surface area contributed by atoms with E-state index in [1.165, 1.54) is 16.7 Å². The molecule has 6 atom stereocenters. The number of hydrogen-bond donors (Lipinski definition) is 3. The van der Waals surface area contributed by atoms with Crippen molar-refractivity contribution >= 4 is 29.7 Å². The van der Waals surface area contributed by atoms with Gasteiger partial charge in [0, 0.05) is 23.8 Å². The topological polar surface area (TPSA) is 136 Å². The summed E-state index contributed by atoms with van der Waals surface area (Å²) in [6, 6.07) is 13.2. The lowest BCUT2D eigenvalue weighted by atomic mass is 9.96. The van der Waals surface area contributed by atoms with E-state index in [1.54, 1.807) is 12.1 Å². The molecule has 3 amide bonds. The summed E-state index contributed by atoms with van der Waals surface area (Å²) >= 11 is 1.46. The fourth-order valence-corrected chi connectivity index (χ4v) is 7.44. The molecule has 0 aliphatic carbocycles. The summed E-state index contributed by atoms with van der Waals surface area (Å²) in [7, 11) is 0. The number of hydrogen-bond acceptors (Lipinski definition) is 9. The predicted octanol–water partition coefficient (Wildman–Crippen LogP) is 3.54. The van der Waals surface area contributed by atoms with Crippen LogP contribution in [-0.2, 0) is 36.8 Å². The minimum Gasteiger partial charge on any atom is -0.494 e. The molecule has 5 rings (SSSR count). The maximum absolute atomic E-state index is 14.0. The zero-order valence-corrected chi connectivity index (χ0v) is 27.7. The molecule has 3 aliphatic heterocycles. The monoisotopic (exact) mass is 655 g/mol. The van der Waals surface area contributed by atoms with Crippen molar-refractivity contribution in [3.05, 3.63) is 65.2 Å². The summed E-state index contributed by atoms with van der Waals surface area (Å²) in [5.41, 5.74) is 2.81. The number of aryl methyl sites for hydroxylation is 1. The number of carbonyl (C=O) groups is 3. The second-order valence-electron chi connectivity index (χ2n) is 12.5. The number of amides is 3. The highest BCUT2D eigenvalue weighted by Crippen LogP contribution is 2.40. The van der Waals surface area contributed by atoms with Crippen molar-refractivity contribution < 1.29 is 38.4 Å². The number of nitrogens with one attached hydrogen (secondary N) is 2. The molecule has 2 aromatic rings. The average Bonchev–Trinajstić information content (AvgIpc) is 3.60. The van der Waals surface area contributed by atoms with Gasteiger partial charge < -0.3 is 39.6 Å². The van der Waals surface area contributed by atoms with E-state index in [9.17, 15) is 19.5 Å². The molecule has 3 fully saturated rings. The average molecular weight is 656 g/mol. The first-order valence-corrected chi connectivity index (χ1v) is 16.9. The number of nitrogens with zero attached hydrogens (tertiary/aromatic N) is 1. The molecule has 3 aliphatic rings. The first kappa shape index (κ1) is 34.0. The molecule has 3 saturated heterocycles. The fourth-order valence-electron chi connectivity index (χ4n) is 6.29. The second-order valence-corrected chi connectivity index (χ2v) is 14.1. The van der Waals surface area contributed by atoms with Gasteiger partial charge in [-0.1, -0.05) is 36.4 Å². The largest absolute Gasteiger partial charge is 0.494 e. The minimum atomic E-state index is -1.65. The number of aliphatic hydroxyl groups is 1. The lowest BCUT2D eigenvalue weighted by Gasteiger charge is -2.33. The van der Waals surface area contributed by atoms with Crippen LogP contribution in [0.2, 0.25) is 0 Å². The number of fused-ring (bicyclic) bond motifs is 1. The zero-order valence-electron chi connectivity index (χ0n) is 26.9. The van der Waals surface area contributed by atoms with Crippen LogP contribution in [0.25, 0.3) is 0 Å². The Morgan fingerprint density at radius 2 is 1.89 bits per heavy atom. The third-order valence-corrected chi connectivity index (χ3v) is 10.3. The van der Waals surface area contributed by atoms with Crippen LogP contribution in [0, 0.1) is 12.8 Å². The standard InChI is InChI=1S/C34H45N3O8S/c1-5-42-24-14-12-22(13-15-24)17-26(36-33(41)45-27-19-44-32-25(27)11-8-16-43-32)28(38)31(40)37-20-46-34(3,4)29(37)30(39)35-18-23-10-7-6-9-21(23)2/h6-7,9-10,12-15,25-29,32,38H,5,8,11,16-20H2,1-4H3,(H,35,39)(H,36,41)/t25-,26-,27-,28-,29+,32+/m0/s1. The van der Waals surface area contributed by atoms with E-state index in [4.69, 9.17) is 18.9 Å². The maximum Gasteiger partial charge on any atom is 0.407 e. The van der Waals surface area contributed by atoms with E-state index in [0.717, 1.165) is 29.5 Å². The van der Waals surface area contributed by atoms with Gasteiger partial charge in [0.1, 0.15) is 17.9 Å². The van der Waals surface area contributed by atoms with Gasteiger partial charge in [-0.3, -0.25) is 9.59 Å². The molecule has 3 heterocycles. The highest BCUT2D eigenvalue weighted by atomic mass is 32.2. The quantitative estimate of drug-likeness (QED) is 0.332. The third kappa shape index (κ3) is 7.96. The summed E-state index contributed by atoms with van der Waals surface area (Å²) in [6.45, 7) is 9.35. The number of aliphatic hydroxyl groups excluding tert-OH is 1. The van der Waals surface area contributed by atoms with E-state index in [1.807, 2.05) is 64.1 Å². The van der Waals surface area contributed by atoms with Gasteiger partial charge in [-0.15, -0.1) is 11.8 Å². The Kier molecular flexibility index (Phi) is 11.1. The molecule has 250 valence electrons. The Labute approximate surface area is 274 Å². The van der Waals surface area contributed by atoms with E-state index >= 15 is 0 Å². The van der Waals surface area contributed by atoms with Crippen molar-refractivity contribution in [3.63, 3.8) is 0 Å². The molecule has 0 spiro atoms. The van der Waals surface area contributed by atoms with Crippen LogP contribution in [0.4, 0.5) is 4.79 Å². The van der Waals surface area contributed by atoms with Crippen molar-refractivity contribution in [3.8, 4) is 5.75 Å². The number of thioether (sulfide) groups is 1. The van der Waals surface area contributed by atoms with Gasteiger partial charge >= 0.3 is 6.09 Å². The number of rotatable bonds is 11. The van der Waals surface area contributed by atoms with Gasteiger partial charge in [-0.25, -0.2) is 4.79 Å². The molecule has 0 bridgehead atoms. The molecule has 2 aromatic carbocycles. The highest BCUT2D eigenvalue weighted by Gasteiger charge is 2.50. The molecule has 46 heavy (non-hydrogen) atoms. The highest BCUT2D eigenvalue weighted by molar-refractivity contribution is 8.00. The Morgan fingerprint density at radius 3 is 2.63 bits per heavy atom. The summed E-state index contributed by atoms with van der Waals surface area (Å²) in [4.78, 5) is 42.2. The van der Waals surface area contributed by atoms with Crippen molar-refractivity contribution in [2.24, 2.45) is 5.92 Å². The molecular formula is C34H45N3O8S. The van der Waals surface area contributed by atoms with Gasteiger partial charge in [-0.2, -0.15) is 0 Å². The SMILES string of the molecule is CCOc1ccc(C[C@H](NC(=O)O[C@H]2CO[C@H]3OCCC[C@H]32)[C@H](O)C(=O)N2CSC(C)(C)[C@H]2C(=O)NCc2ccccc2C)cc1. The molecular weight excluding hydrogens is 610 g/mol. The van der Waals surface area contributed by atoms with Crippen LogP contribution in [0.15, 0.2) is 48.5 Å². The van der Waals surface area contributed by atoms with Gasteiger partial charge in [0.25, 0.3) is 5.91 Å². The number of carbonyl (C=O) groups excluding carboxylic acids is 3. The smallest absolute Gasteiger partial charge is 0.407 e. The number of ether oxygens (including phenoxy) is 4. The molecule has 12 heteroatoms. The van der Waals surface area contributed by atoms with Crippen LogP contribution < -0.4 is 15.4 Å². The van der Waals surface area contributed by atoms with Gasteiger partial charge in [-0.05, 0) is 75.8 Å². The number of benzene rings is 2. The summed E-state index contributed by atoms with van der Waals surface area (Å²) in [6.07, 6.45) is -1.50. The van der Waals surface area contributed by atoms with Crippen LogP contribution in [-0.4, -0.2) is 88.9 Å². The first-order chi connectivity index (χ1) is 22.1. The van der Waals surface area contributed by atoms with Crippen LogP contribution in [0.3, 0.4) is 0 Å². The molecule has 0 radical (unpaired) electrons. The van der Waals surface area contributed by atoms with E-state index in [2.05, 4.69) is 10.6 Å². The van der Waals surface area contributed by atoms with E-state index in [-0.39, 0.29) is 30.7 Å². The van der Waals surface area contributed by atoms with Crippen LogP contribution in [0.5, 0.6) is 5.75 Å². The Bertz CT molecular complexity index is 1370. The van der Waals surface area contributed by atoms with Crippen molar-refractivity contribution in [1.82, 2.24) is 15.5 Å². The van der Waals surface area contributed by atoms with Crippen LogP contribution in [0.1, 0.15) is 50.3 Å². The molecule has 0 aromatic heterocycles. The summed E-state index contributed by atoms with van der Waals surface area (Å²) in [5, 5.41) is 17.3. The van der Waals surface area contributed by atoms with E-state index in [0.29, 0.717) is 25.5 Å². The predicted molar refractivity (Wildman–Crippen MR) is 173 cm³/mol. The van der Waals surface area contributed by atoms with Crippen molar-refractivity contribution in [2.45, 2.75) is 88.8 Å². The zero-order chi connectivity index (χ0) is 32.8. The second kappa shape index (κ2) is 15.1. The molecule has 3 N–H and O–H groups in total. The Morgan fingerprint density at radius 1 is 1.13 bits per heavy atom.